The molecule has 134 valence electrons. The molecule has 0 spiro atoms. The third kappa shape index (κ3) is 4.57. The molecule has 1 saturated heterocycles. The van der Waals surface area contributed by atoms with Gasteiger partial charge in [0, 0.05) is 12.6 Å². The summed E-state index contributed by atoms with van der Waals surface area (Å²) < 4.78 is 32.1. The number of hydrogen-bond acceptors (Lipinski definition) is 3. The van der Waals surface area contributed by atoms with Crippen LogP contribution in [0.25, 0.3) is 0 Å². The topological polar surface area (TPSA) is 57.5 Å². The van der Waals surface area contributed by atoms with Gasteiger partial charge in [0.15, 0.2) is 0 Å². The minimum Gasteiger partial charge on any atom is -0.468 e. The average Bonchev–Trinajstić information content (AvgIpc) is 3.13. The smallest absolute Gasteiger partial charge is 0.319 e. The minimum absolute atomic E-state index is 0.0635. The predicted octanol–water partition coefficient (Wildman–Crippen LogP) is 3.91. The van der Waals surface area contributed by atoms with Crippen LogP contribution in [0.2, 0.25) is 0 Å². The highest BCUT2D eigenvalue weighted by molar-refractivity contribution is 5.89. The number of carbonyl (C=O) groups is 1. The lowest BCUT2D eigenvalue weighted by molar-refractivity contribution is 0.144. The monoisotopic (exact) mass is 349 g/mol. The first-order valence-corrected chi connectivity index (χ1v) is 8.41. The highest BCUT2D eigenvalue weighted by Crippen LogP contribution is 2.24. The molecular weight excluding hydrogens is 328 g/mol. The number of benzene rings is 1. The van der Waals surface area contributed by atoms with Gasteiger partial charge in [-0.25, -0.2) is 13.6 Å². The molecule has 1 atom stereocenters. The van der Waals surface area contributed by atoms with Gasteiger partial charge in [-0.1, -0.05) is 6.42 Å². The number of amides is 2. The van der Waals surface area contributed by atoms with E-state index >= 15 is 0 Å². The lowest BCUT2D eigenvalue weighted by Crippen LogP contribution is -2.41. The van der Waals surface area contributed by atoms with Gasteiger partial charge in [-0.2, -0.15) is 0 Å². The van der Waals surface area contributed by atoms with Crippen molar-refractivity contribution in [2.24, 2.45) is 0 Å². The van der Waals surface area contributed by atoms with Crippen LogP contribution >= 0.6 is 0 Å². The number of halogens is 2. The number of likely N-dealkylation sites (tertiary alicyclic amines) is 1. The van der Waals surface area contributed by atoms with Crippen LogP contribution in [0, 0.1) is 11.6 Å². The van der Waals surface area contributed by atoms with Crippen molar-refractivity contribution in [3.05, 3.63) is 54.0 Å². The normalized spacial score (nSPS) is 16.4. The van der Waals surface area contributed by atoms with Gasteiger partial charge < -0.3 is 15.1 Å². The molecule has 25 heavy (non-hydrogen) atoms. The quantitative estimate of drug-likeness (QED) is 0.861. The fourth-order valence-corrected chi connectivity index (χ4v) is 3.07. The highest BCUT2D eigenvalue weighted by atomic mass is 19.1. The summed E-state index contributed by atoms with van der Waals surface area (Å²) in [5, 5.41) is 5.15. The zero-order valence-electron chi connectivity index (χ0n) is 13.8. The Kier molecular flexibility index (Phi) is 5.65. The Balaban J connectivity index is 1.61. The summed E-state index contributed by atoms with van der Waals surface area (Å²) in [7, 11) is 0. The number of anilines is 1. The van der Waals surface area contributed by atoms with Crippen LogP contribution < -0.4 is 10.6 Å². The van der Waals surface area contributed by atoms with E-state index in [9.17, 15) is 13.6 Å². The van der Waals surface area contributed by atoms with E-state index in [2.05, 4.69) is 15.5 Å². The van der Waals surface area contributed by atoms with E-state index in [-0.39, 0.29) is 11.7 Å². The Morgan fingerprint density at radius 3 is 2.68 bits per heavy atom. The molecule has 1 aromatic carbocycles. The van der Waals surface area contributed by atoms with Gasteiger partial charge in [-0.3, -0.25) is 4.90 Å². The van der Waals surface area contributed by atoms with E-state index in [4.69, 9.17) is 4.42 Å². The summed E-state index contributed by atoms with van der Waals surface area (Å²) in [6.45, 7) is 2.23. The third-order valence-corrected chi connectivity index (χ3v) is 4.34. The number of urea groups is 1. The molecule has 1 aliphatic rings. The fraction of sp³-hybridized carbons (Fsp3) is 0.389. The minimum atomic E-state index is -0.811. The largest absolute Gasteiger partial charge is 0.468 e. The van der Waals surface area contributed by atoms with E-state index in [1.54, 1.807) is 6.26 Å². The van der Waals surface area contributed by atoms with Crippen LogP contribution in [0.4, 0.5) is 19.3 Å². The summed E-state index contributed by atoms with van der Waals surface area (Å²) in [6.07, 6.45) is 5.05. The maximum absolute atomic E-state index is 13.6. The van der Waals surface area contributed by atoms with E-state index in [1.807, 2.05) is 12.1 Å². The molecule has 0 bridgehead atoms. The lowest BCUT2D eigenvalue weighted by atomic mass is 10.1. The Morgan fingerprint density at radius 2 is 2.00 bits per heavy atom. The number of rotatable bonds is 5. The second kappa shape index (κ2) is 8.11. The fourth-order valence-electron chi connectivity index (χ4n) is 3.07. The molecule has 0 radical (unpaired) electrons. The first-order chi connectivity index (χ1) is 12.1. The molecule has 1 aliphatic heterocycles. The molecule has 0 unspecified atom stereocenters. The lowest BCUT2D eigenvalue weighted by Gasteiger charge is -2.33. The van der Waals surface area contributed by atoms with E-state index in [0.29, 0.717) is 6.54 Å². The molecule has 0 saturated carbocycles. The van der Waals surface area contributed by atoms with Crippen LogP contribution in [-0.2, 0) is 0 Å². The molecule has 2 heterocycles. The van der Waals surface area contributed by atoms with Crippen molar-refractivity contribution >= 4 is 11.7 Å². The van der Waals surface area contributed by atoms with E-state index in [0.717, 1.165) is 43.8 Å². The maximum atomic E-state index is 13.6. The predicted molar refractivity (Wildman–Crippen MR) is 90.3 cm³/mol. The van der Waals surface area contributed by atoms with Crippen LogP contribution in [0.15, 0.2) is 41.0 Å². The van der Waals surface area contributed by atoms with Gasteiger partial charge in [0.05, 0.1) is 18.0 Å². The Labute approximate surface area is 145 Å². The summed E-state index contributed by atoms with van der Waals surface area (Å²) >= 11 is 0. The second-order valence-corrected chi connectivity index (χ2v) is 6.09. The number of hydrogen-bond donors (Lipinski definition) is 2. The molecule has 5 nitrogen and oxygen atoms in total. The van der Waals surface area contributed by atoms with Crippen molar-refractivity contribution in [2.75, 3.05) is 25.0 Å². The van der Waals surface area contributed by atoms with Crippen molar-refractivity contribution in [3.63, 3.8) is 0 Å². The maximum Gasteiger partial charge on any atom is 0.319 e. The molecule has 2 amide bonds. The van der Waals surface area contributed by atoms with E-state index in [1.165, 1.54) is 12.5 Å². The zero-order chi connectivity index (χ0) is 17.6. The Morgan fingerprint density at radius 1 is 1.20 bits per heavy atom. The zero-order valence-corrected chi connectivity index (χ0v) is 13.8. The number of nitrogens with zero attached hydrogens (tertiary/aromatic N) is 1. The Bertz CT molecular complexity index is 700. The van der Waals surface area contributed by atoms with Crippen molar-refractivity contribution in [1.82, 2.24) is 10.2 Å². The van der Waals surface area contributed by atoms with Gasteiger partial charge in [-0.15, -0.1) is 0 Å². The van der Waals surface area contributed by atoms with Gasteiger partial charge in [0.1, 0.15) is 17.4 Å². The Hall–Kier alpha value is -2.41. The summed E-state index contributed by atoms with van der Waals surface area (Å²) in [6, 6.07) is 6.11. The first kappa shape index (κ1) is 17.4. The number of carbonyl (C=O) groups excluding carboxylic acids is 1. The second-order valence-electron chi connectivity index (χ2n) is 6.09. The van der Waals surface area contributed by atoms with Crippen LogP contribution in [0.5, 0.6) is 0 Å². The van der Waals surface area contributed by atoms with Gasteiger partial charge >= 0.3 is 6.03 Å². The molecule has 0 aliphatic carbocycles. The molecule has 1 aromatic heterocycles. The van der Waals surface area contributed by atoms with Gasteiger partial charge in [0.2, 0.25) is 0 Å². The summed E-state index contributed by atoms with van der Waals surface area (Å²) in [5.74, 6) is -0.713. The standard InChI is InChI=1S/C18H21F2N3O2/c19-13-6-7-15(14(20)11-13)22-18(24)21-12-16(17-5-4-10-25-17)23-8-2-1-3-9-23/h4-7,10-11,16H,1-3,8-9,12H2,(H2,21,22,24)/t16-/m0/s1. The van der Waals surface area contributed by atoms with Gasteiger partial charge in [0.25, 0.3) is 0 Å². The van der Waals surface area contributed by atoms with Crippen molar-refractivity contribution in [1.29, 1.82) is 0 Å². The summed E-state index contributed by atoms with van der Waals surface area (Å²) in [5.41, 5.74) is -0.0635. The SMILES string of the molecule is O=C(NC[C@@H](c1ccco1)N1CCCCC1)Nc1ccc(F)cc1F. The molecule has 2 N–H and O–H groups in total. The first-order valence-electron chi connectivity index (χ1n) is 8.41. The van der Waals surface area contributed by atoms with Crippen molar-refractivity contribution < 1.29 is 18.0 Å². The van der Waals surface area contributed by atoms with Crippen LogP contribution in [0.3, 0.4) is 0 Å². The molecule has 3 rings (SSSR count). The highest BCUT2D eigenvalue weighted by Gasteiger charge is 2.25. The average molecular weight is 349 g/mol. The van der Waals surface area contributed by atoms with Gasteiger partial charge in [-0.05, 0) is 50.2 Å². The summed E-state index contributed by atoms with van der Waals surface area (Å²) in [4.78, 5) is 14.4. The molecule has 2 aromatic rings. The number of piperidine rings is 1. The molecule has 1 fully saturated rings. The molecular formula is C18H21F2N3O2. The molecule has 7 heteroatoms. The number of nitrogens with one attached hydrogen (secondary N) is 2. The van der Waals surface area contributed by atoms with Crippen molar-refractivity contribution in [3.8, 4) is 0 Å². The van der Waals surface area contributed by atoms with Crippen LogP contribution in [-0.4, -0.2) is 30.6 Å². The third-order valence-electron chi connectivity index (χ3n) is 4.34. The van der Waals surface area contributed by atoms with E-state index < -0.39 is 17.7 Å². The number of furan rings is 1. The van der Waals surface area contributed by atoms with Crippen LogP contribution in [0.1, 0.15) is 31.1 Å². The van der Waals surface area contributed by atoms with Crippen molar-refractivity contribution in [2.45, 2.75) is 25.3 Å².